The number of hydrogen-bond acceptors (Lipinski definition) is 3. The third kappa shape index (κ3) is 4.41. The molecule has 0 saturated carbocycles. The average Bonchev–Trinajstić information content (AvgIpc) is 2.43. The molecule has 110 valence electrons. The number of hydrogen-bond donors (Lipinski definition) is 1. The Kier molecular flexibility index (Phi) is 5.52. The van der Waals surface area contributed by atoms with Crippen LogP contribution in [0.2, 0.25) is 0 Å². The molecule has 21 heavy (non-hydrogen) atoms. The van der Waals surface area contributed by atoms with E-state index in [0.717, 1.165) is 10.2 Å². The Morgan fingerprint density at radius 3 is 2.57 bits per heavy atom. The van der Waals surface area contributed by atoms with Crippen molar-refractivity contribution in [2.24, 2.45) is 5.73 Å². The number of rotatable bonds is 6. The van der Waals surface area contributed by atoms with E-state index < -0.39 is 5.82 Å². The second-order valence-electron chi connectivity index (χ2n) is 4.13. The molecule has 0 aliphatic rings. The molecule has 0 fully saturated rings. The molecule has 2 N–H and O–H groups in total. The summed E-state index contributed by atoms with van der Waals surface area (Å²) in [6, 6.07) is 11.9. The van der Waals surface area contributed by atoms with Crippen molar-refractivity contribution in [2.75, 3.05) is 13.2 Å². The molecular formula is C15H13BrFNO2S. The monoisotopic (exact) mass is 369 g/mol. The minimum absolute atomic E-state index is 0.0315. The van der Waals surface area contributed by atoms with Crippen LogP contribution in [0.3, 0.4) is 0 Å². The van der Waals surface area contributed by atoms with E-state index in [9.17, 15) is 4.39 Å². The quantitative estimate of drug-likeness (QED) is 0.623. The fraction of sp³-hybridized carbons (Fsp3) is 0.133. The Balaban J connectivity index is 1.92. The van der Waals surface area contributed by atoms with Crippen LogP contribution in [0.25, 0.3) is 0 Å². The zero-order valence-electron chi connectivity index (χ0n) is 11.0. The predicted octanol–water partition coefficient (Wildman–Crippen LogP) is 3.68. The van der Waals surface area contributed by atoms with Gasteiger partial charge in [0.1, 0.15) is 35.5 Å². The number of thiocarbonyl (C=S) groups is 1. The van der Waals surface area contributed by atoms with E-state index in [0.29, 0.717) is 12.4 Å². The fourth-order valence-corrected chi connectivity index (χ4v) is 2.31. The number of nitrogens with two attached hydrogens (primary N) is 1. The molecule has 2 aromatic carbocycles. The van der Waals surface area contributed by atoms with Gasteiger partial charge < -0.3 is 15.2 Å². The highest BCUT2D eigenvalue weighted by atomic mass is 79.9. The largest absolute Gasteiger partial charge is 0.490 e. The summed E-state index contributed by atoms with van der Waals surface area (Å²) in [7, 11) is 0. The lowest BCUT2D eigenvalue weighted by atomic mass is 10.2. The summed E-state index contributed by atoms with van der Waals surface area (Å²) < 4.78 is 25.6. The van der Waals surface area contributed by atoms with Crippen molar-refractivity contribution < 1.29 is 13.9 Å². The second kappa shape index (κ2) is 7.38. The first-order valence-electron chi connectivity index (χ1n) is 6.17. The summed E-state index contributed by atoms with van der Waals surface area (Å²) in [5, 5.41) is 0. The molecule has 0 saturated heterocycles. The van der Waals surface area contributed by atoms with Crippen LogP contribution in [0.15, 0.2) is 46.9 Å². The van der Waals surface area contributed by atoms with E-state index in [-0.39, 0.29) is 17.2 Å². The molecule has 2 rings (SSSR count). The normalized spacial score (nSPS) is 10.2. The maximum atomic E-state index is 13.6. The van der Waals surface area contributed by atoms with Gasteiger partial charge in [-0.25, -0.2) is 4.39 Å². The fourth-order valence-electron chi connectivity index (χ4n) is 1.73. The minimum Gasteiger partial charge on any atom is -0.490 e. The SMILES string of the molecule is NC(=S)c1c(F)cccc1OCCOc1cccc(Br)c1. The van der Waals surface area contributed by atoms with E-state index in [2.05, 4.69) is 15.9 Å². The third-order valence-corrected chi connectivity index (χ3v) is 3.32. The summed E-state index contributed by atoms with van der Waals surface area (Å²) in [6.07, 6.45) is 0. The molecule has 0 bridgehead atoms. The van der Waals surface area contributed by atoms with E-state index in [1.807, 2.05) is 24.3 Å². The molecular weight excluding hydrogens is 357 g/mol. The van der Waals surface area contributed by atoms with Crippen LogP contribution in [-0.4, -0.2) is 18.2 Å². The summed E-state index contributed by atoms with van der Waals surface area (Å²) in [4.78, 5) is -0.0315. The van der Waals surface area contributed by atoms with Gasteiger partial charge >= 0.3 is 0 Å². The Bertz CT molecular complexity index is 651. The van der Waals surface area contributed by atoms with Crippen molar-refractivity contribution in [3.05, 3.63) is 58.3 Å². The Hall–Kier alpha value is -1.66. The van der Waals surface area contributed by atoms with Gasteiger partial charge in [0.2, 0.25) is 0 Å². The van der Waals surface area contributed by atoms with Crippen LogP contribution in [0.4, 0.5) is 4.39 Å². The van der Waals surface area contributed by atoms with Gasteiger partial charge in [0.05, 0.1) is 5.56 Å². The van der Waals surface area contributed by atoms with Gasteiger partial charge in [-0.3, -0.25) is 0 Å². The van der Waals surface area contributed by atoms with Gasteiger partial charge in [0, 0.05) is 4.47 Å². The summed E-state index contributed by atoms with van der Waals surface area (Å²) >= 11 is 8.19. The number of halogens is 2. The van der Waals surface area contributed by atoms with Crippen LogP contribution in [0.1, 0.15) is 5.56 Å². The molecule has 0 radical (unpaired) electrons. The minimum atomic E-state index is -0.493. The van der Waals surface area contributed by atoms with Crippen LogP contribution in [-0.2, 0) is 0 Å². The topological polar surface area (TPSA) is 44.5 Å². The van der Waals surface area contributed by atoms with Crippen molar-refractivity contribution in [2.45, 2.75) is 0 Å². The molecule has 0 aliphatic heterocycles. The average molecular weight is 370 g/mol. The molecule has 0 spiro atoms. The molecule has 0 amide bonds. The van der Waals surface area contributed by atoms with E-state index in [1.54, 1.807) is 12.1 Å². The lowest BCUT2D eigenvalue weighted by Crippen LogP contribution is -2.16. The van der Waals surface area contributed by atoms with E-state index in [4.69, 9.17) is 27.4 Å². The molecule has 0 aliphatic carbocycles. The maximum absolute atomic E-state index is 13.6. The second-order valence-corrected chi connectivity index (χ2v) is 5.49. The van der Waals surface area contributed by atoms with Crippen molar-refractivity contribution in [3.63, 3.8) is 0 Å². The number of benzene rings is 2. The van der Waals surface area contributed by atoms with Gasteiger partial charge in [0.15, 0.2) is 0 Å². The Labute approximate surface area is 136 Å². The highest BCUT2D eigenvalue weighted by Crippen LogP contribution is 2.21. The Morgan fingerprint density at radius 2 is 1.86 bits per heavy atom. The van der Waals surface area contributed by atoms with E-state index >= 15 is 0 Å². The molecule has 2 aromatic rings. The molecule has 6 heteroatoms. The predicted molar refractivity (Wildman–Crippen MR) is 87.4 cm³/mol. The first kappa shape index (κ1) is 15.7. The first-order chi connectivity index (χ1) is 10.1. The van der Waals surface area contributed by atoms with Gasteiger partial charge in [-0.1, -0.05) is 40.3 Å². The Morgan fingerprint density at radius 1 is 1.14 bits per heavy atom. The van der Waals surface area contributed by atoms with Crippen molar-refractivity contribution >= 4 is 33.1 Å². The standard InChI is InChI=1S/C15H13BrFNO2S/c16-10-3-1-4-11(9-10)19-7-8-20-13-6-2-5-12(17)14(13)15(18)21/h1-6,9H,7-8H2,(H2,18,21). The number of ether oxygens (including phenoxy) is 2. The zero-order chi connectivity index (χ0) is 15.2. The summed E-state index contributed by atoms with van der Waals surface area (Å²) in [6.45, 7) is 0.579. The van der Waals surface area contributed by atoms with Crippen molar-refractivity contribution in [3.8, 4) is 11.5 Å². The van der Waals surface area contributed by atoms with Crippen LogP contribution in [0, 0.1) is 5.82 Å². The lowest BCUT2D eigenvalue weighted by Gasteiger charge is -2.12. The molecule has 0 aromatic heterocycles. The molecule has 3 nitrogen and oxygen atoms in total. The molecule has 0 unspecified atom stereocenters. The highest BCUT2D eigenvalue weighted by Gasteiger charge is 2.12. The third-order valence-electron chi connectivity index (χ3n) is 2.63. The van der Waals surface area contributed by atoms with Crippen molar-refractivity contribution in [1.82, 2.24) is 0 Å². The van der Waals surface area contributed by atoms with Crippen LogP contribution < -0.4 is 15.2 Å². The summed E-state index contributed by atoms with van der Waals surface area (Å²) in [5.74, 6) is 0.551. The van der Waals surface area contributed by atoms with Gasteiger partial charge in [-0.15, -0.1) is 0 Å². The zero-order valence-corrected chi connectivity index (χ0v) is 13.4. The summed E-state index contributed by atoms with van der Waals surface area (Å²) in [5.41, 5.74) is 5.62. The smallest absolute Gasteiger partial charge is 0.137 e. The maximum Gasteiger partial charge on any atom is 0.137 e. The van der Waals surface area contributed by atoms with Gasteiger partial charge in [-0.05, 0) is 30.3 Å². The van der Waals surface area contributed by atoms with E-state index in [1.165, 1.54) is 6.07 Å². The van der Waals surface area contributed by atoms with Crippen molar-refractivity contribution in [1.29, 1.82) is 0 Å². The van der Waals surface area contributed by atoms with Gasteiger partial charge in [-0.2, -0.15) is 0 Å². The molecule has 0 atom stereocenters. The lowest BCUT2D eigenvalue weighted by molar-refractivity contribution is 0.216. The van der Waals surface area contributed by atoms with Crippen LogP contribution >= 0.6 is 28.1 Å². The van der Waals surface area contributed by atoms with Crippen LogP contribution in [0.5, 0.6) is 11.5 Å². The van der Waals surface area contributed by atoms with Gasteiger partial charge in [0.25, 0.3) is 0 Å². The first-order valence-corrected chi connectivity index (χ1v) is 7.37. The molecule has 0 heterocycles. The highest BCUT2D eigenvalue weighted by molar-refractivity contribution is 9.10.